The monoisotopic (exact) mass is 804 g/mol. The summed E-state index contributed by atoms with van der Waals surface area (Å²) >= 11 is 0. The lowest BCUT2D eigenvalue weighted by atomic mass is 9.97. The molecule has 2 saturated heterocycles. The highest BCUT2D eigenvalue weighted by atomic mass is 16.7. The summed E-state index contributed by atoms with van der Waals surface area (Å²) < 4.78 is 22.5. The van der Waals surface area contributed by atoms with Crippen molar-refractivity contribution in [3.63, 3.8) is 0 Å². The summed E-state index contributed by atoms with van der Waals surface area (Å²) in [4.78, 5) is 13.0. The van der Waals surface area contributed by atoms with Gasteiger partial charge in [0.05, 0.1) is 32.0 Å². The zero-order chi connectivity index (χ0) is 41.1. The molecule has 9 N–H and O–H groups in total. The Morgan fingerprint density at radius 2 is 1.12 bits per heavy atom. The number of ether oxygens (including phenoxy) is 4. The molecule has 2 fully saturated rings. The molecule has 0 bridgehead atoms. The van der Waals surface area contributed by atoms with Crippen LogP contribution in [0.3, 0.4) is 0 Å². The molecule has 2 heterocycles. The Labute approximate surface area is 335 Å². The lowest BCUT2D eigenvalue weighted by molar-refractivity contribution is -0.359. The predicted molar refractivity (Wildman–Crippen MR) is 212 cm³/mol. The summed E-state index contributed by atoms with van der Waals surface area (Å²) in [6, 6.07) is -0.912. The predicted octanol–water partition coefficient (Wildman–Crippen LogP) is 3.43. The minimum absolute atomic E-state index is 0.254. The van der Waals surface area contributed by atoms with Crippen molar-refractivity contribution in [1.82, 2.24) is 5.32 Å². The third-order valence-corrected chi connectivity index (χ3v) is 10.6. The lowest BCUT2D eigenvalue weighted by Gasteiger charge is -2.46. The molecule has 14 heteroatoms. The summed E-state index contributed by atoms with van der Waals surface area (Å²) in [6.07, 6.45) is 12.4. The quantitative estimate of drug-likeness (QED) is 0.0362. The zero-order valence-electron chi connectivity index (χ0n) is 34.1. The number of unbranched alkanes of at least 4 members (excludes halogenated alkanes) is 16. The number of amides is 1. The molecule has 0 aromatic rings. The molecule has 12 atom stereocenters. The van der Waals surface area contributed by atoms with E-state index in [1.165, 1.54) is 51.4 Å². The van der Waals surface area contributed by atoms with E-state index < -0.39 is 86.8 Å². The molecule has 2 rings (SSSR count). The van der Waals surface area contributed by atoms with Gasteiger partial charge in [-0.2, -0.15) is 0 Å². The number of aliphatic hydroxyl groups excluding tert-OH is 8. The van der Waals surface area contributed by atoms with Gasteiger partial charge in [0.25, 0.3) is 0 Å². The van der Waals surface area contributed by atoms with Crippen molar-refractivity contribution < 1.29 is 64.6 Å². The fourth-order valence-corrected chi connectivity index (χ4v) is 6.99. The highest BCUT2D eigenvalue weighted by Gasteiger charge is 2.50. The second kappa shape index (κ2) is 30.5. The van der Waals surface area contributed by atoms with E-state index in [0.717, 1.165) is 64.2 Å². The van der Waals surface area contributed by atoms with Crippen LogP contribution in [0, 0.1) is 0 Å². The summed E-state index contributed by atoms with van der Waals surface area (Å²) in [6.45, 7) is 2.69. The average Bonchev–Trinajstić information content (AvgIpc) is 3.19. The smallest absolute Gasteiger partial charge is 0.220 e. The van der Waals surface area contributed by atoms with E-state index in [4.69, 9.17) is 18.9 Å². The summed E-state index contributed by atoms with van der Waals surface area (Å²) in [5.74, 6) is -0.254. The first-order valence-electron chi connectivity index (χ1n) is 21.6. The number of hydrogen-bond acceptors (Lipinski definition) is 13. The summed E-state index contributed by atoms with van der Waals surface area (Å²) in [5.41, 5.74) is 0. The van der Waals surface area contributed by atoms with Gasteiger partial charge in [0.2, 0.25) is 5.91 Å². The Hall–Kier alpha value is -1.53. The highest BCUT2D eigenvalue weighted by molar-refractivity contribution is 5.76. The second-order valence-corrected chi connectivity index (χ2v) is 15.5. The van der Waals surface area contributed by atoms with E-state index >= 15 is 0 Å². The Bertz CT molecular complexity index is 1050. The maximum absolute atomic E-state index is 13.0. The number of allylic oxidation sites excluding steroid dienone is 3. The Morgan fingerprint density at radius 3 is 1.71 bits per heavy atom. The Kier molecular flexibility index (Phi) is 27.6. The first-order valence-corrected chi connectivity index (χ1v) is 21.6. The van der Waals surface area contributed by atoms with Gasteiger partial charge in [-0.3, -0.25) is 4.79 Å². The molecular formula is C42H77NO13. The molecule has 0 aliphatic carbocycles. The molecule has 0 radical (unpaired) electrons. The van der Waals surface area contributed by atoms with Crippen LogP contribution in [-0.2, 0) is 23.7 Å². The second-order valence-electron chi connectivity index (χ2n) is 15.5. The fourth-order valence-electron chi connectivity index (χ4n) is 6.99. The van der Waals surface area contributed by atoms with Crippen molar-refractivity contribution in [2.45, 2.75) is 216 Å². The van der Waals surface area contributed by atoms with Gasteiger partial charge in [-0.15, -0.1) is 0 Å². The Morgan fingerprint density at radius 1 is 0.625 bits per heavy atom. The van der Waals surface area contributed by atoms with Crippen LogP contribution in [-0.4, -0.2) is 140 Å². The summed E-state index contributed by atoms with van der Waals surface area (Å²) in [5, 5.41) is 86.2. The first kappa shape index (κ1) is 50.6. The Balaban J connectivity index is 1.92. The van der Waals surface area contributed by atoms with Crippen LogP contribution in [0.2, 0.25) is 0 Å². The topological polar surface area (TPSA) is 228 Å². The van der Waals surface area contributed by atoms with Crippen molar-refractivity contribution in [1.29, 1.82) is 0 Å². The molecule has 0 aromatic carbocycles. The number of carbonyl (C=O) groups excluding carboxylic acids is 1. The van der Waals surface area contributed by atoms with Crippen molar-refractivity contribution in [2.75, 3.05) is 19.8 Å². The molecular weight excluding hydrogens is 726 g/mol. The summed E-state index contributed by atoms with van der Waals surface area (Å²) in [7, 11) is 0. The molecule has 1 amide bonds. The molecule has 56 heavy (non-hydrogen) atoms. The van der Waals surface area contributed by atoms with E-state index in [1.54, 1.807) is 6.08 Å². The van der Waals surface area contributed by atoms with Crippen molar-refractivity contribution in [2.24, 2.45) is 0 Å². The van der Waals surface area contributed by atoms with Crippen molar-refractivity contribution in [3.8, 4) is 0 Å². The van der Waals surface area contributed by atoms with E-state index in [1.807, 2.05) is 6.08 Å². The van der Waals surface area contributed by atoms with Gasteiger partial charge in [0, 0.05) is 6.42 Å². The number of nitrogens with one attached hydrogen (secondary N) is 1. The fraction of sp³-hybridized carbons (Fsp3) is 0.881. The normalized spacial score (nSPS) is 29.6. The molecule has 2 aliphatic heterocycles. The third kappa shape index (κ3) is 19.0. The zero-order valence-corrected chi connectivity index (χ0v) is 34.1. The van der Waals surface area contributed by atoms with Gasteiger partial charge < -0.3 is 65.1 Å². The van der Waals surface area contributed by atoms with Gasteiger partial charge in [-0.1, -0.05) is 115 Å². The van der Waals surface area contributed by atoms with Crippen LogP contribution in [0.1, 0.15) is 142 Å². The molecule has 0 spiro atoms. The van der Waals surface area contributed by atoms with Crippen LogP contribution < -0.4 is 5.32 Å². The maximum Gasteiger partial charge on any atom is 0.220 e. The average molecular weight is 804 g/mol. The van der Waals surface area contributed by atoms with Crippen molar-refractivity contribution in [3.05, 3.63) is 24.3 Å². The number of carbonyl (C=O) groups is 1. The van der Waals surface area contributed by atoms with E-state index in [0.29, 0.717) is 6.42 Å². The minimum Gasteiger partial charge on any atom is -0.394 e. The minimum atomic E-state index is -1.78. The van der Waals surface area contributed by atoms with Gasteiger partial charge in [0.15, 0.2) is 12.6 Å². The highest BCUT2D eigenvalue weighted by Crippen LogP contribution is 2.30. The van der Waals surface area contributed by atoms with Gasteiger partial charge in [-0.25, -0.2) is 0 Å². The van der Waals surface area contributed by atoms with E-state index in [2.05, 4.69) is 31.3 Å². The molecule has 14 nitrogen and oxygen atoms in total. The van der Waals surface area contributed by atoms with Gasteiger partial charge in [-0.05, 0) is 44.9 Å². The molecule has 0 aromatic heterocycles. The lowest BCUT2D eigenvalue weighted by Crippen LogP contribution is -2.65. The number of rotatable bonds is 31. The largest absolute Gasteiger partial charge is 0.394 e. The van der Waals surface area contributed by atoms with Crippen LogP contribution in [0.15, 0.2) is 24.3 Å². The standard InChI is InChI=1S/C42H77NO13/c1-3-5-7-9-11-13-14-15-16-18-20-22-24-26-34(47)43-30(31(46)25-23-21-19-17-12-10-8-6-4-2)29-53-41-39(52)37(50)40(33(28-45)55-41)56-42-38(51)36(49)35(48)32(27-44)54-42/h13-14,23,25,30-33,35-42,44-46,48-52H,3-12,15-22,24,26-29H2,1-2H3,(H,43,47)/b14-13-,25-23+. The van der Waals surface area contributed by atoms with Crippen LogP contribution >= 0.6 is 0 Å². The van der Waals surface area contributed by atoms with Crippen molar-refractivity contribution >= 4 is 5.91 Å². The van der Waals surface area contributed by atoms with Crippen LogP contribution in [0.25, 0.3) is 0 Å². The van der Waals surface area contributed by atoms with Gasteiger partial charge >= 0.3 is 0 Å². The van der Waals surface area contributed by atoms with Crippen LogP contribution in [0.4, 0.5) is 0 Å². The number of aliphatic hydroxyl groups is 8. The molecule has 0 saturated carbocycles. The van der Waals surface area contributed by atoms with Crippen LogP contribution in [0.5, 0.6) is 0 Å². The third-order valence-electron chi connectivity index (χ3n) is 10.6. The van der Waals surface area contributed by atoms with Gasteiger partial charge in [0.1, 0.15) is 48.8 Å². The molecule has 2 aliphatic rings. The number of hydrogen-bond donors (Lipinski definition) is 9. The molecule has 328 valence electrons. The maximum atomic E-state index is 13.0. The van der Waals surface area contributed by atoms with E-state index in [-0.39, 0.29) is 18.9 Å². The van der Waals surface area contributed by atoms with E-state index in [9.17, 15) is 45.6 Å². The molecule has 12 unspecified atom stereocenters. The first-order chi connectivity index (χ1) is 27.1. The SMILES string of the molecule is CCCCCC/C=C\CCCCCCCC(=O)NC(COC1OC(CO)C(OC2OC(CO)C(O)C(O)C2O)C(O)C1O)C(O)/C=C/CCCCCCCCC.